The Balaban J connectivity index is 1.86. The summed E-state index contributed by atoms with van der Waals surface area (Å²) in [4.78, 5) is 2.54. The van der Waals surface area contributed by atoms with E-state index in [1.54, 1.807) is 7.11 Å². The molecule has 1 aliphatic heterocycles. The number of nitrogens with one attached hydrogen (secondary N) is 1. The smallest absolute Gasteiger partial charge is 0.0462 e. The Morgan fingerprint density at radius 3 is 2.62 bits per heavy atom. The van der Waals surface area contributed by atoms with Crippen LogP contribution in [0.4, 0.5) is 0 Å². The molecule has 0 amide bonds. The largest absolute Gasteiger partial charge is 0.385 e. The zero-order valence-electron chi connectivity index (χ0n) is 8.72. The predicted molar refractivity (Wildman–Crippen MR) is 55.0 cm³/mol. The zero-order valence-corrected chi connectivity index (χ0v) is 8.72. The molecule has 3 heteroatoms. The molecule has 1 aliphatic rings. The van der Waals surface area contributed by atoms with Crippen LogP contribution in [0.1, 0.15) is 19.3 Å². The summed E-state index contributed by atoms with van der Waals surface area (Å²) in [6.45, 7) is 6.97. The van der Waals surface area contributed by atoms with Gasteiger partial charge in [0.2, 0.25) is 0 Å². The van der Waals surface area contributed by atoms with Gasteiger partial charge in [-0.15, -0.1) is 0 Å². The van der Waals surface area contributed by atoms with Crippen molar-refractivity contribution in [3.05, 3.63) is 0 Å². The molecule has 0 aromatic carbocycles. The molecule has 13 heavy (non-hydrogen) atoms. The van der Waals surface area contributed by atoms with Crippen molar-refractivity contribution < 1.29 is 4.74 Å². The van der Waals surface area contributed by atoms with Gasteiger partial charge >= 0.3 is 0 Å². The monoisotopic (exact) mass is 186 g/mol. The van der Waals surface area contributed by atoms with Crippen molar-refractivity contribution in [2.75, 3.05) is 46.4 Å². The highest BCUT2D eigenvalue weighted by Crippen LogP contribution is 2.00. The van der Waals surface area contributed by atoms with Gasteiger partial charge in [0.05, 0.1) is 0 Å². The summed E-state index contributed by atoms with van der Waals surface area (Å²) in [6.07, 6.45) is 3.84. The Bertz CT molecular complexity index is 113. The van der Waals surface area contributed by atoms with Gasteiger partial charge in [-0.3, -0.25) is 0 Å². The second-order valence-electron chi connectivity index (χ2n) is 3.65. The summed E-state index contributed by atoms with van der Waals surface area (Å²) < 4.78 is 5.01. The summed E-state index contributed by atoms with van der Waals surface area (Å²) in [5, 5.41) is 3.36. The van der Waals surface area contributed by atoms with Crippen LogP contribution in [0.2, 0.25) is 0 Å². The lowest BCUT2D eigenvalue weighted by Gasteiger charge is -2.26. The molecular weight excluding hydrogens is 164 g/mol. The molecule has 78 valence electrons. The van der Waals surface area contributed by atoms with E-state index < -0.39 is 0 Å². The minimum Gasteiger partial charge on any atom is -0.385 e. The van der Waals surface area contributed by atoms with Crippen molar-refractivity contribution in [3.63, 3.8) is 0 Å². The maximum absolute atomic E-state index is 5.01. The van der Waals surface area contributed by atoms with Crippen molar-refractivity contribution in [3.8, 4) is 0 Å². The van der Waals surface area contributed by atoms with Crippen LogP contribution in [-0.4, -0.2) is 51.3 Å². The molecular formula is C10H22N2O. The first-order chi connectivity index (χ1) is 6.43. The molecule has 0 radical (unpaired) electrons. The number of rotatable bonds is 6. The number of unbranched alkanes of at least 4 members (excludes halogenated alkanes) is 2. The van der Waals surface area contributed by atoms with Crippen LogP contribution in [0, 0.1) is 0 Å². The van der Waals surface area contributed by atoms with E-state index in [4.69, 9.17) is 4.74 Å². The van der Waals surface area contributed by atoms with E-state index in [0.717, 1.165) is 19.7 Å². The molecule has 0 spiro atoms. The van der Waals surface area contributed by atoms with E-state index in [0.29, 0.717) is 0 Å². The normalized spacial score (nSPS) is 19.2. The quantitative estimate of drug-likeness (QED) is 0.618. The van der Waals surface area contributed by atoms with Gasteiger partial charge in [0.25, 0.3) is 0 Å². The van der Waals surface area contributed by atoms with Gasteiger partial charge in [-0.1, -0.05) is 0 Å². The van der Waals surface area contributed by atoms with Crippen molar-refractivity contribution in [1.29, 1.82) is 0 Å². The molecule has 0 bridgehead atoms. The Hall–Kier alpha value is -0.120. The molecule has 0 aromatic rings. The zero-order chi connectivity index (χ0) is 9.36. The molecule has 0 unspecified atom stereocenters. The summed E-state index contributed by atoms with van der Waals surface area (Å²) in [5.41, 5.74) is 0. The van der Waals surface area contributed by atoms with Gasteiger partial charge < -0.3 is 15.0 Å². The first-order valence-corrected chi connectivity index (χ1v) is 5.35. The minimum atomic E-state index is 0.918. The van der Waals surface area contributed by atoms with Crippen LogP contribution in [0.3, 0.4) is 0 Å². The van der Waals surface area contributed by atoms with E-state index in [9.17, 15) is 0 Å². The number of hydrogen-bond donors (Lipinski definition) is 1. The predicted octanol–water partition coefficient (Wildman–Crippen LogP) is 0.708. The highest BCUT2D eigenvalue weighted by molar-refractivity contribution is 4.66. The van der Waals surface area contributed by atoms with Crippen LogP contribution >= 0.6 is 0 Å². The lowest BCUT2D eigenvalue weighted by atomic mass is 10.2. The summed E-state index contributed by atoms with van der Waals surface area (Å²) in [6, 6.07) is 0. The van der Waals surface area contributed by atoms with E-state index in [1.807, 2.05) is 0 Å². The molecule has 1 fully saturated rings. The summed E-state index contributed by atoms with van der Waals surface area (Å²) in [7, 11) is 1.77. The highest BCUT2D eigenvalue weighted by Gasteiger charge is 2.07. The van der Waals surface area contributed by atoms with Gasteiger partial charge in [0, 0.05) is 39.9 Å². The Morgan fingerprint density at radius 2 is 1.92 bits per heavy atom. The topological polar surface area (TPSA) is 24.5 Å². The van der Waals surface area contributed by atoms with E-state index in [1.165, 1.54) is 38.9 Å². The van der Waals surface area contributed by atoms with Gasteiger partial charge in [0.15, 0.2) is 0 Å². The fourth-order valence-corrected chi connectivity index (χ4v) is 1.69. The van der Waals surface area contributed by atoms with E-state index in [-0.39, 0.29) is 0 Å². The summed E-state index contributed by atoms with van der Waals surface area (Å²) in [5.74, 6) is 0. The first kappa shape index (κ1) is 11.0. The third-order valence-corrected chi connectivity index (χ3v) is 2.53. The average molecular weight is 186 g/mol. The third-order valence-electron chi connectivity index (χ3n) is 2.53. The molecule has 0 atom stereocenters. The fraction of sp³-hybridized carbons (Fsp3) is 1.00. The van der Waals surface area contributed by atoms with Crippen LogP contribution < -0.4 is 5.32 Å². The Morgan fingerprint density at radius 1 is 1.15 bits per heavy atom. The van der Waals surface area contributed by atoms with Crippen molar-refractivity contribution in [2.45, 2.75) is 19.3 Å². The van der Waals surface area contributed by atoms with Gasteiger partial charge in [-0.25, -0.2) is 0 Å². The summed E-state index contributed by atoms with van der Waals surface area (Å²) >= 11 is 0. The number of hydrogen-bond acceptors (Lipinski definition) is 3. The maximum atomic E-state index is 5.01. The van der Waals surface area contributed by atoms with Gasteiger partial charge in [-0.2, -0.15) is 0 Å². The number of methoxy groups -OCH3 is 1. The maximum Gasteiger partial charge on any atom is 0.0462 e. The van der Waals surface area contributed by atoms with Crippen LogP contribution in [0.25, 0.3) is 0 Å². The molecule has 1 N–H and O–H groups in total. The lowest BCUT2D eigenvalue weighted by Crippen LogP contribution is -2.43. The molecule has 1 rings (SSSR count). The number of nitrogens with zero attached hydrogens (tertiary/aromatic N) is 1. The average Bonchev–Trinajstić information content (AvgIpc) is 2.19. The number of piperazine rings is 1. The van der Waals surface area contributed by atoms with Crippen molar-refractivity contribution >= 4 is 0 Å². The van der Waals surface area contributed by atoms with Crippen molar-refractivity contribution in [1.82, 2.24) is 10.2 Å². The Labute approximate surface area is 81.4 Å². The van der Waals surface area contributed by atoms with Crippen LogP contribution in [0.15, 0.2) is 0 Å². The van der Waals surface area contributed by atoms with Gasteiger partial charge in [-0.05, 0) is 25.8 Å². The molecule has 3 nitrogen and oxygen atoms in total. The van der Waals surface area contributed by atoms with E-state index >= 15 is 0 Å². The fourth-order valence-electron chi connectivity index (χ4n) is 1.69. The minimum absolute atomic E-state index is 0.918. The number of ether oxygens (including phenoxy) is 1. The SMILES string of the molecule is COCCCCCN1CCNCC1. The van der Waals surface area contributed by atoms with Crippen molar-refractivity contribution in [2.24, 2.45) is 0 Å². The Kier molecular flexibility index (Phi) is 6.15. The third kappa shape index (κ3) is 5.24. The van der Waals surface area contributed by atoms with Gasteiger partial charge in [0.1, 0.15) is 0 Å². The second kappa shape index (κ2) is 7.30. The van der Waals surface area contributed by atoms with Crippen LogP contribution in [0.5, 0.6) is 0 Å². The molecule has 0 aromatic heterocycles. The molecule has 1 heterocycles. The standard InChI is InChI=1S/C10H22N2O/c1-13-10-4-2-3-7-12-8-5-11-6-9-12/h11H,2-10H2,1H3. The molecule has 0 saturated carbocycles. The molecule has 1 saturated heterocycles. The lowest BCUT2D eigenvalue weighted by molar-refractivity contribution is 0.187. The molecule has 0 aliphatic carbocycles. The van der Waals surface area contributed by atoms with Crippen LogP contribution in [-0.2, 0) is 4.74 Å². The second-order valence-corrected chi connectivity index (χ2v) is 3.65. The first-order valence-electron chi connectivity index (χ1n) is 5.35. The van der Waals surface area contributed by atoms with E-state index in [2.05, 4.69) is 10.2 Å². The highest BCUT2D eigenvalue weighted by atomic mass is 16.5.